The van der Waals surface area contributed by atoms with Crippen molar-refractivity contribution in [3.05, 3.63) is 41.9 Å². The second-order valence-electron chi connectivity index (χ2n) is 3.00. The van der Waals surface area contributed by atoms with Crippen molar-refractivity contribution in [1.29, 1.82) is 0 Å². The molecule has 0 fully saturated rings. The fourth-order valence-corrected chi connectivity index (χ4v) is 1.17. The van der Waals surface area contributed by atoms with Crippen LogP contribution >= 0.6 is 0 Å². The van der Waals surface area contributed by atoms with Crippen molar-refractivity contribution in [2.75, 3.05) is 5.32 Å². The van der Waals surface area contributed by atoms with Crippen LogP contribution < -0.4 is 5.32 Å². The van der Waals surface area contributed by atoms with Crippen LogP contribution in [-0.4, -0.2) is 10.1 Å². The molecule has 0 spiro atoms. The first-order chi connectivity index (χ1) is 6.86. The van der Waals surface area contributed by atoms with Gasteiger partial charge in [-0.15, -0.1) is 0 Å². The number of anilines is 1. The number of nitrogens with zero attached hydrogens (tertiary/aromatic N) is 2. The zero-order valence-electron chi connectivity index (χ0n) is 7.90. The molecule has 0 bridgehead atoms. The molecule has 4 heteroatoms. The molecule has 0 aliphatic carbocycles. The summed E-state index contributed by atoms with van der Waals surface area (Å²) in [6.45, 7) is 2.62. The minimum atomic E-state index is 0.609. The first kappa shape index (κ1) is 8.74. The predicted molar refractivity (Wildman–Crippen MR) is 52.8 cm³/mol. The van der Waals surface area contributed by atoms with Crippen molar-refractivity contribution in [3.63, 3.8) is 0 Å². The zero-order valence-corrected chi connectivity index (χ0v) is 7.90. The fourth-order valence-electron chi connectivity index (χ4n) is 1.17. The Hall–Kier alpha value is -1.84. The predicted octanol–water partition coefficient (Wildman–Crippen LogP) is 1.99. The summed E-state index contributed by atoms with van der Waals surface area (Å²) in [5, 5.41) is 6.79. The van der Waals surface area contributed by atoms with Crippen molar-refractivity contribution < 1.29 is 4.52 Å². The topological polar surface area (TPSA) is 51.0 Å². The van der Waals surface area contributed by atoms with Crippen molar-refractivity contribution in [1.82, 2.24) is 10.1 Å². The fraction of sp³-hybridized carbons (Fsp3) is 0.200. The normalized spacial score (nSPS) is 10.1. The quantitative estimate of drug-likeness (QED) is 0.802. The van der Waals surface area contributed by atoms with Gasteiger partial charge in [-0.1, -0.05) is 11.2 Å². The van der Waals surface area contributed by atoms with Gasteiger partial charge in [-0.3, -0.25) is 0 Å². The highest BCUT2D eigenvalue weighted by Crippen LogP contribution is 2.10. The Balaban J connectivity index is 2.02. The first-order valence-electron chi connectivity index (χ1n) is 4.41. The van der Waals surface area contributed by atoms with Crippen LogP contribution in [0, 0.1) is 6.92 Å². The third kappa shape index (κ3) is 1.90. The van der Waals surface area contributed by atoms with Gasteiger partial charge in [0, 0.05) is 12.3 Å². The Morgan fingerprint density at radius 1 is 1.36 bits per heavy atom. The van der Waals surface area contributed by atoms with E-state index >= 15 is 0 Å². The Morgan fingerprint density at radius 2 is 2.29 bits per heavy atom. The lowest BCUT2D eigenvalue weighted by Gasteiger charge is -2.04. The van der Waals surface area contributed by atoms with Gasteiger partial charge in [0.1, 0.15) is 5.82 Å². The molecule has 0 aliphatic heterocycles. The molecule has 2 aromatic heterocycles. The molecule has 2 aromatic rings. The van der Waals surface area contributed by atoms with Crippen molar-refractivity contribution in [2.24, 2.45) is 0 Å². The molecular weight excluding hydrogens is 178 g/mol. The van der Waals surface area contributed by atoms with E-state index in [1.165, 1.54) is 0 Å². The highest BCUT2D eigenvalue weighted by Gasteiger charge is 1.99. The third-order valence-electron chi connectivity index (χ3n) is 1.93. The second kappa shape index (κ2) is 3.91. The maximum atomic E-state index is 4.95. The number of pyridine rings is 1. The molecule has 0 radical (unpaired) electrons. The maximum Gasteiger partial charge on any atom is 0.155 e. The standard InChI is InChI=1S/C10H11N3O/c1-8-3-2-5-11-10(8)12-7-9-4-6-13-14-9/h2-6H,7H2,1H3,(H,11,12). The molecule has 2 heterocycles. The minimum absolute atomic E-state index is 0.609. The van der Waals surface area contributed by atoms with Gasteiger partial charge < -0.3 is 9.84 Å². The molecular formula is C10H11N3O. The number of hydrogen-bond acceptors (Lipinski definition) is 4. The average Bonchev–Trinajstić information content (AvgIpc) is 2.69. The lowest BCUT2D eigenvalue weighted by Crippen LogP contribution is -2.01. The largest absolute Gasteiger partial charge is 0.362 e. The summed E-state index contributed by atoms with van der Waals surface area (Å²) < 4.78 is 4.95. The minimum Gasteiger partial charge on any atom is -0.362 e. The molecule has 0 saturated carbocycles. The summed E-state index contributed by atoms with van der Waals surface area (Å²) in [6.07, 6.45) is 3.39. The van der Waals surface area contributed by atoms with Gasteiger partial charge in [0.2, 0.25) is 0 Å². The van der Waals surface area contributed by atoms with E-state index in [-0.39, 0.29) is 0 Å². The molecule has 4 nitrogen and oxygen atoms in total. The van der Waals surface area contributed by atoms with Gasteiger partial charge >= 0.3 is 0 Å². The van der Waals surface area contributed by atoms with Gasteiger partial charge in [0.05, 0.1) is 12.7 Å². The molecule has 0 aliphatic rings. The van der Waals surface area contributed by atoms with E-state index in [2.05, 4.69) is 15.5 Å². The smallest absolute Gasteiger partial charge is 0.155 e. The maximum absolute atomic E-state index is 4.95. The Morgan fingerprint density at radius 3 is 3.00 bits per heavy atom. The summed E-state index contributed by atoms with van der Waals surface area (Å²) in [6, 6.07) is 5.75. The van der Waals surface area contributed by atoms with Gasteiger partial charge in [-0.25, -0.2) is 4.98 Å². The lowest BCUT2D eigenvalue weighted by molar-refractivity contribution is 0.388. The highest BCUT2D eigenvalue weighted by molar-refractivity contribution is 5.42. The molecule has 1 N–H and O–H groups in total. The highest BCUT2D eigenvalue weighted by atomic mass is 16.5. The van der Waals surface area contributed by atoms with E-state index in [4.69, 9.17) is 4.52 Å². The van der Waals surface area contributed by atoms with Crippen LogP contribution in [0.25, 0.3) is 0 Å². The van der Waals surface area contributed by atoms with Crippen molar-refractivity contribution in [2.45, 2.75) is 13.5 Å². The van der Waals surface area contributed by atoms with Crippen LogP contribution in [0.2, 0.25) is 0 Å². The monoisotopic (exact) mass is 189 g/mol. The van der Waals surface area contributed by atoms with E-state index < -0.39 is 0 Å². The number of aromatic nitrogens is 2. The summed E-state index contributed by atoms with van der Waals surface area (Å²) in [5.41, 5.74) is 1.12. The number of rotatable bonds is 3. The molecule has 0 saturated heterocycles. The van der Waals surface area contributed by atoms with Gasteiger partial charge in [0.15, 0.2) is 5.76 Å². The average molecular weight is 189 g/mol. The van der Waals surface area contributed by atoms with E-state index in [9.17, 15) is 0 Å². The first-order valence-corrected chi connectivity index (χ1v) is 4.41. The zero-order chi connectivity index (χ0) is 9.80. The van der Waals surface area contributed by atoms with Gasteiger partial charge in [0.25, 0.3) is 0 Å². The van der Waals surface area contributed by atoms with Crippen LogP contribution in [-0.2, 0) is 6.54 Å². The molecule has 0 unspecified atom stereocenters. The summed E-state index contributed by atoms with van der Waals surface area (Å²) >= 11 is 0. The SMILES string of the molecule is Cc1cccnc1NCc1ccno1. The van der Waals surface area contributed by atoms with Gasteiger partial charge in [-0.2, -0.15) is 0 Å². The molecule has 0 atom stereocenters. The molecule has 0 aromatic carbocycles. The molecule has 0 amide bonds. The van der Waals surface area contributed by atoms with Crippen LogP contribution in [0.15, 0.2) is 35.1 Å². The summed E-state index contributed by atoms with van der Waals surface area (Å²) in [7, 11) is 0. The third-order valence-corrected chi connectivity index (χ3v) is 1.93. The Labute approximate surface area is 82.0 Å². The van der Waals surface area contributed by atoms with E-state index in [1.54, 1.807) is 12.4 Å². The second-order valence-corrected chi connectivity index (χ2v) is 3.00. The number of hydrogen-bond donors (Lipinski definition) is 1. The molecule has 14 heavy (non-hydrogen) atoms. The number of aryl methyl sites for hydroxylation is 1. The molecule has 72 valence electrons. The summed E-state index contributed by atoms with van der Waals surface area (Å²) in [5.74, 6) is 1.68. The van der Waals surface area contributed by atoms with E-state index in [0.717, 1.165) is 17.1 Å². The van der Waals surface area contributed by atoms with Gasteiger partial charge in [-0.05, 0) is 18.6 Å². The number of nitrogens with one attached hydrogen (secondary N) is 1. The van der Waals surface area contributed by atoms with Crippen LogP contribution in [0.5, 0.6) is 0 Å². The summed E-state index contributed by atoms with van der Waals surface area (Å²) in [4.78, 5) is 4.20. The van der Waals surface area contributed by atoms with E-state index in [0.29, 0.717) is 6.54 Å². The van der Waals surface area contributed by atoms with Crippen LogP contribution in [0.4, 0.5) is 5.82 Å². The van der Waals surface area contributed by atoms with Crippen molar-refractivity contribution in [3.8, 4) is 0 Å². The van der Waals surface area contributed by atoms with Crippen molar-refractivity contribution >= 4 is 5.82 Å². The van der Waals surface area contributed by atoms with Crippen LogP contribution in [0.1, 0.15) is 11.3 Å². The lowest BCUT2D eigenvalue weighted by atomic mass is 10.3. The van der Waals surface area contributed by atoms with E-state index in [1.807, 2.05) is 25.1 Å². The van der Waals surface area contributed by atoms with Crippen LogP contribution in [0.3, 0.4) is 0 Å². The molecule has 2 rings (SSSR count). The Kier molecular flexibility index (Phi) is 2.44. The Bertz CT molecular complexity index is 398.